The second-order valence-electron chi connectivity index (χ2n) is 6.24. The van der Waals surface area contributed by atoms with Crippen LogP contribution in [0.5, 0.6) is 0 Å². The van der Waals surface area contributed by atoms with Gasteiger partial charge in [-0.3, -0.25) is 4.79 Å². The highest BCUT2D eigenvalue weighted by molar-refractivity contribution is 7.89. The van der Waals surface area contributed by atoms with Gasteiger partial charge in [-0.2, -0.15) is 0 Å². The van der Waals surface area contributed by atoms with Gasteiger partial charge in [-0.15, -0.1) is 0 Å². The van der Waals surface area contributed by atoms with E-state index in [1.54, 1.807) is 25.1 Å². The molecule has 0 aromatic heterocycles. The molecule has 2 aromatic carbocycles. The fourth-order valence-electron chi connectivity index (χ4n) is 2.57. The third kappa shape index (κ3) is 5.41. The number of carbonyl (C=O) groups excluding carboxylic acids is 1. The minimum atomic E-state index is -3.69. The van der Waals surface area contributed by atoms with Crippen LogP contribution in [0.3, 0.4) is 0 Å². The fourth-order valence-corrected chi connectivity index (χ4v) is 3.74. The van der Waals surface area contributed by atoms with Gasteiger partial charge in [0, 0.05) is 6.54 Å². The van der Waals surface area contributed by atoms with Crippen molar-refractivity contribution < 1.29 is 17.9 Å². The molecule has 5 nitrogen and oxygen atoms in total. The first-order valence-corrected chi connectivity index (χ1v) is 10.1. The Labute approximate surface area is 155 Å². The monoisotopic (exact) mass is 375 g/mol. The molecule has 26 heavy (non-hydrogen) atoms. The van der Waals surface area contributed by atoms with E-state index in [1.807, 2.05) is 44.2 Å². The number of carbonyl (C=O) groups is 1. The van der Waals surface area contributed by atoms with E-state index in [0.29, 0.717) is 6.42 Å². The number of aryl methyl sites for hydroxylation is 2. The molecule has 0 aliphatic carbocycles. The van der Waals surface area contributed by atoms with Crippen LogP contribution in [-0.2, 0) is 26.0 Å². The quantitative estimate of drug-likeness (QED) is 0.720. The largest absolute Gasteiger partial charge is 0.466 e. The molecule has 0 spiro atoms. The molecule has 140 valence electrons. The normalized spacial score (nSPS) is 12.6. The van der Waals surface area contributed by atoms with Gasteiger partial charge in [0.15, 0.2) is 0 Å². The molecule has 0 heterocycles. The molecule has 1 N–H and O–H groups in total. The van der Waals surface area contributed by atoms with E-state index in [2.05, 4.69) is 4.72 Å². The van der Waals surface area contributed by atoms with Crippen LogP contribution in [0.1, 0.15) is 23.6 Å². The van der Waals surface area contributed by atoms with Crippen molar-refractivity contribution in [1.29, 1.82) is 0 Å². The van der Waals surface area contributed by atoms with Crippen LogP contribution in [0, 0.1) is 19.8 Å². The summed E-state index contributed by atoms with van der Waals surface area (Å²) in [4.78, 5) is 12.4. The predicted molar refractivity (Wildman–Crippen MR) is 101 cm³/mol. The minimum absolute atomic E-state index is 0.0109. The average molecular weight is 375 g/mol. The Kier molecular flexibility index (Phi) is 6.94. The van der Waals surface area contributed by atoms with Gasteiger partial charge >= 0.3 is 5.97 Å². The number of nitrogens with one attached hydrogen (secondary N) is 1. The van der Waals surface area contributed by atoms with Gasteiger partial charge in [0.05, 0.1) is 17.4 Å². The Morgan fingerprint density at radius 2 is 1.77 bits per heavy atom. The highest BCUT2D eigenvalue weighted by Crippen LogP contribution is 2.16. The first kappa shape index (κ1) is 20.1. The lowest BCUT2D eigenvalue weighted by Gasteiger charge is -2.17. The van der Waals surface area contributed by atoms with Crippen LogP contribution < -0.4 is 4.72 Å². The van der Waals surface area contributed by atoms with E-state index in [-0.39, 0.29) is 18.0 Å². The van der Waals surface area contributed by atoms with Crippen molar-refractivity contribution in [1.82, 2.24) is 4.72 Å². The van der Waals surface area contributed by atoms with Crippen molar-refractivity contribution in [3.05, 3.63) is 65.2 Å². The summed E-state index contributed by atoms with van der Waals surface area (Å²) < 4.78 is 32.8. The smallest absolute Gasteiger partial charge is 0.310 e. The summed E-state index contributed by atoms with van der Waals surface area (Å²) in [5, 5.41) is 0. The molecule has 2 rings (SSSR count). The molecule has 2 aromatic rings. The van der Waals surface area contributed by atoms with E-state index in [4.69, 9.17) is 4.74 Å². The summed E-state index contributed by atoms with van der Waals surface area (Å²) in [6, 6.07) is 14.5. The van der Waals surface area contributed by atoms with Crippen LogP contribution in [-0.4, -0.2) is 27.5 Å². The Morgan fingerprint density at radius 3 is 2.38 bits per heavy atom. The lowest BCUT2D eigenvalue weighted by Crippen LogP contribution is -2.35. The summed E-state index contributed by atoms with van der Waals surface area (Å²) in [6.07, 6.45) is 0.412. The third-order valence-electron chi connectivity index (χ3n) is 4.25. The zero-order valence-corrected chi connectivity index (χ0v) is 16.2. The number of ether oxygens (including phenoxy) is 1. The maximum Gasteiger partial charge on any atom is 0.310 e. The zero-order chi connectivity index (χ0) is 19.2. The molecule has 0 fully saturated rings. The van der Waals surface area contributed by atoms with Crippen LogP contribution in [0.2, 0.25) is 0 Å². The summed E-state index contributed by atoms with van der Waals surface area (Å²) in [5.74, 6) is -0.988. The lowest BCUT2D eigenvalue weighted by atomic mass is 10.00. The van der Waals surface area contributed by atoms with Crippen LogP contribution in [0.15, 0.2) is 53.4 Å². The van der Waals surface area contributed by atoms with Crippen molar-refractivity contribution in [2.75, 3.05) is 13.2 Å². The summed E-state index contributed by atoms with van der Waals surface area (Å²) >= 11 is 0. The minimum Gasteiger partial charge on any atom is -0.466 e. The van der Waals surface area contributed by atoms with E-state index in [1.165, 1.54) is 0 Å². The molecule has 0 radical (unpaired) electrons. The van der Waals surface area contributed by atoms with Crippen LogP contribution in [0.25, 0.3) is 0 Å². The zero-order valence-electron chi connectivity index (χ0n) is 15.4. The van der Waals surface area contributed by atoms with E-state index >= 15 is 0 Å². The summed E-state index contributed by atoms with van der Waals surface area (Å²) in [5.41, 5.74) is 2.88. The van der Waals surface area contributed by atoms with Gasteiger partial charge < -0.3 is 4.74 Å². The first-order chi connectivity index (χ1) is 12.3. The van der Waals surface area contributed by atoms with E-state index < -0.39 is 21.9 Å². The van der Waals surface area contributed by atoms with E-state index in [9.17, 15) is 13.2 Å². The van der Waals surface area contributed by atoms with Crippen molar-refractivity contribution in [3.8, 4) is 0 Å². The molecular formula is C20H25NO4S. The topological polar surface area (TPSA) is 72.5 Å². The Morgan fingerprint density at radius 1 is 1.08 bits per heavy atom. The van der Waals surface area contributed by atoms with Gasteiger partial charge in [-0.05, 0) is 56.0 Å². The maximum absolute atomic E-state index is 12.6. The molecule has 0 saturated carbocycles. The van der Waals surface area contributed by atoms with Crippen molar-refractivity contribution >= 4 is 16.0 Å². The highest BCUT2D eigenvalue weighted by atomic mass is 32.2. The van der Waals surface area contributed by atoms with Crippen molar-refractivity contribution in [2.45, 2.75) is 32.1 Å². The maximum atomic E-state index is 12.6. The van der Waals surface area contributed by atoms with Crippen LogP contribution in [0.4, 0.5) is 0 Å². The Balaban J connectivity index is 2.14. The number of sulfonamides is 1. The summed E-state index contributed by atoms with van der Waals surface area (Å²) in [7, 11) is -3.69. The fraction of sp³-hybridized carbons (Fsp3) is 0.350. The molecular weight excluding hydrogens is 350 g/mol. The van der Waals surface area contributed by atoms with Crippen molar-refractivity contribution in [3.63, 3.8) is 0 Å². The number of hydrogen-bond acceptors (Lipinski definition) is 4. The molecule has 0 aliphatic rings. The van der Waals surface area contributed by atoms with E-state index in [0.717, 1.165) is 16.7 Å². The van der Waals surface area contributed by atoms with Crippen LogP contribution >= 0.6 is 0 Å². The Bertz CT molecular complexity index is 847. The second-order valence-corrected chi connectivity index (χ2v) is 8.00. The van der Waals surface area contributed by atoms with Gasteiger partial charge in [0.2, 0.25) is 10.0 Å². The number of hydrogen-bond donors (Lipinski definition) is 1. The first-order valence-electron chi connectivity index (χ1n) is 8.61. The summed E-state index contributed by atoms with van der Waals surface area (Å²) in [6.45, 7) is 5.77. The van der Waals surface area contributed by atoms with Gasteiger partial charge in [0.25, 0.3) is 0 Å². The van der Waals surface area contributed by atoms with Crippen molar-refractivity contribution in [2.24, 2.45) is 5.92 Å². The molecule has 0 bridgehead atoms. The van der Waals surface area contributed by atoms with Gasteiger partial charge in [-0.25, -0.2) is 13.1 Å². The number of benzene rings is 2. The number of esters is 1. The van der Waals surface area contributed by atoms with Gasteiger partial charge in [-0.1, -0.05) is 36.4 Å². The second kappa shape index (κ2) is 8.96. The molecule has 6 heteroatoms. The molecule has 1 unspecified atom stereocenters. The highest BCUT2D eigenvalue weighted by Gasteiger charge is 2.24. The lowest BCUT2D eigenvalue weighted by molar-refractivity contribution is -0.147. The third-order valence-corrected chi connectivity index (χ3v) is 5.67. The molecule has 0 aliphatic heterocycles. The SMILES string of the molecule is CCOC(=O)C(CNS(=O)(=O)c1ccc(C)c(C)c1)Cc1ccccc1. The standard InChI is InChI=1S/C20H25NO4S/c1-4-25-20(22)18(13-17-8-6-5-7-9-17)14-21-26(23,24)19-11-10-15(2)16(3)12-19/h5-12,18,21H,4,13-14H2,1-3H3. The van der Waals surface area contributed by atoms with Gasteiger partial charge in [0.1, 0.15) is 0 Å². The molecule has 0 saturated heterocycles. The average Bonchev–Trinajstić information content (AvgIpc) is 2.62. The molecule has 0 amide bonds. The predicted octanol–water partition coefficient (Wildman–Crippen LogP) is 3.00. The Hall–Kier alpha value is -2.18. The molecule has 1 atom stereocenters. The number of rotatable bonds is 8.